The standard InChI is InChI=1S/C29H32O4/c1-2-12-26-28(31-20-24-15-8-4-9-16-24)29(32-21-25-17-10-5-11-18-25)27(33-26)22-30-19-23-13-6-3-7-14-23/h2-11,13-18,26-29H,1,12,19-22H2/t26-,27-,28-,29-/m1/s1. The topological polar surface area (TPSA) is 36.9 Å². The van der Waals surface area contributed by atoms with Gasteiger partial charge in [-0.2, -0.15) is 0 Å². The second-order valence-corrected chi connectivity index (χ2v) is 8.26. The Morgan fingerprint density at radius 3 is 1.58 bits per heavy atom. The molecule has 0 spiro atoms. The van der Waals surface area contributed by atoms with Crippen LogP contribution in [0.5, 0.6) is 0 Å². The monoisotopic (exact) mass is 444 g/mol. The maximum atomic E-state index is 6.42. The Kier molecular flexibility index (Phi) is 8.84. The summed E-state index contributed by atoms with van der Waals surface area (Å²) in [7, 11) is 0. The molecule has 0 N–H and O–H groups in total. The highest BCUT2D eigenvalue weighted by molar-refractivity contribution is 5.15. The third-order valence-corrected chi connectivity index (χ3v) is 5.77. The van der Waals surface area contributed by atoms with Crippen LogP contribution in [-0.2, 0) is 38.8 Å². The van der Waals surface area contributed by atoms with Crippen LogP contribution in [-0.4, -0.2) is 31.0 Å². The zero-order chi connectivity index (χ0) is 22.7. The highest BCUT2D eigenvalue weighted by Gasteiger charge is 2.45. The van der Waals surface area contributed by atoms with Crippen molar-refractivity contribution in [1.82, 2.24) is 0 Å². The van der Waals surface area contributed by atoms with Crippen molar-refractivity contribution in [2.75, 3.05) is 6.61 Å². The molecule has 0 unspecified atom stereocenters. The van der Waals surface area contributed by atoms with E-state index in [2.05, 4.69) is 43.0 Å². The van der Waals surface area contributed by atoms with Gasteiger partial charge in [0.1, 0.15) is 18.3 Å². The van der Waals surface area contributed by atoms with E-state index in [-0.39, 0.29) is 24.4 Å². The summed E-state index contributed by atoms with van der Waals surface area (Å²) >= 11 is 0. The van der Waals surface area contributed by atoms with Crippen molar-refractivity contribution in [3.05, 3.63) is 120 Å². The van der Waals surface area contributed by atoms with E-state index in [1.807, 2.05) is 60.7 Å². The van der Waals surface area contributed by atoms with Gasteiger partial charge >= 0.3 is 0 Å². The van der Waals surface area contributed by atoms with Gasteiger partial charge in [-0.25, -0.2) is 0 Å². The third kappa shape index (κ3) is 6.86. The van der Waals surface area contributed by atoms with Crippen LogP contribution in [0.2, 0.25) is 0 Å². The molecule has 0 radical (unpaired) electrons. The van der Waals surface area contributed by atoms with Gasteiger partial charge in [0.2, 0.25) is 0 Å². The first-order valence-corrected chi connectivity index (χ1v) is 11.5. The van der Waals surface area contributed by atoms with Gasteiger partial charge in [0.15, 0.2) is 0 Å². The lowest BCUT2D eigenvalue weighted by atomic mass is 10.0. The van der Waals surface area contributed by atoms with Crippen LogP contribution in [0.25, 0.3) is 0 Å². The summed E-state index contributed by atoms with van der Waals surface area (Å²) in [5.74, 6) is 0. The molecule has 0 saturated carbocycles. The zero-order valence-corrected chi connectivity index (χ0v) is 18.9. The third-order valence-electron chi connectivity index (χ3n) is 5.77. The Balaban J connectivity index is 1.45. The highest BCUT2D eigenvalue weighted by atomic mass is 16.6. The molecule has 1 aliphatic heterocycles. The number of rotatable bonds is 12. The van der Waals surface area contributed by atoms with E-state index in [4.69, 9.17) is 18.9 Å². The van der Waals surface area contributed by atoms with Crippen molar-refractivity contribution >= 4 is 0 Å². The Morgan fingerprint density at radius 1 is 0.636 bits per heavy atom. The molecule has 172 valence electrons. The van der Waals surface area contributed by atoms with Crippen LogP contribution in [0, 0.1) is 0 Å². The van der Waals surface area contributed by atoms with Gasteiger partial charge in [0.25, 0.3) is 0 Å². The van der Waals surface area contributed by atoms with E-state index < -0.39 is 0 Å². The highest BCUT2D eigenvalue weighted by Crippen LogP contribution is 2.31. The van der Waals surface area contributed by atoms with Crippen molar-refractivity contribution in [2.24, 2.45) is 0 Å². The van der Waals surface area contributed by atoms with Crippen LogP contribution in [0.1, 0.15) is 23.1 Å². The molecule has 4 heteroatoms. The van der Waals surface area contributed by atoms with Crippen molar-refractivity contribution in [1.29, 1.82) is 0 Å². The number of benzene rings is 3. The largest absolute Gasteiger partial charge is 0.374 e. The summed E-state index contributed by atoms with van der Waals surface area (Å²) in [5.41, 5.74) is 3.38. The lowest BCUT2D eigenvalue weighted by Crippen LogP contribution is -2.39. The lowest BCUT2D eigenvalue weighted by molar-refractivity contribution is -0.0898. The maximum absolute atomic E-state index is 6.42. The second-order valence-electron chi connectivity index (χ2n) is 8.26. The minimum atomic E-state index is -0.241. The summed E-state index contributed by atoms with van der Waals surface area (Å²) in [5, 5.41) is 0. The summed E-state index contributed by atoms with van der Waals surface area (Å²) < 4.78 is 25.2. The average molecular weight is 445 g/mol. The Labute approximate surface area is 196 Å². The van der Waals surface area contributed by atoms with E-state index >= 15 is 0 Å². The van der Waals surface area contributed by atoms with Gasteiger partial charge in [0, 0.05) is 0 Å². The predicted octanol–water partition coefficient (Wildman–Crippen LogP) is 5.72. The van der Waals surface area contributed by atoms with Crippen molar-refractivity contribution in [3.63, 3.8) is 0 Å². The minimum absolute atomic E-state index is 0.127. The molecule has 1 fully saturated rings. The van der Waals surface area contributed by atoms with Gasteiger partial charge in [0.05, 0.1) is 32.5 Å². The fourth-order valence-electron chi connectivity index (χ4n) is 4.10. The maximum Gasteiger partial charge on any atom is 0.115 e. The first-order valence-electron chi connectivity index (χ1n) is 11.5. The Bertz CT molecular complexity index is 945. The molecule has 4 atom stereocenters. The van der Waals surface area contributed by atoms with Gasteiger partial charge < -0.3 is 18.9 Å². The summed E-state index contributed by atoms with van der Waals surface area (Å²) in [6, 6.07) is 30.5. The van der Waals surface area contributed by atoms with Gasteiger partial charge in [-0.15, -0.1) is 6.58 Å². The van der Waals surface area contributed by atoms with Crippen LogP contribution >= 0.6 is 0 Å². The van der Waals surface area contributed by atoms with E-state index in [0.29, 0.717) is 32.8 Å². The summed E-state index contributed by atoms with van der Waals surface area (Å²) in [6.45, 7) is 5.89. The van der Waals surface area contributed by atoms with Crippen LogP contribution < -0.4 is 0 Å². The summed E-state index contributed by atoms with van der Waals surface area (Å²) in [6.07, 6.45) is 1.78. The molecule has 4 rings (SSSR count). The first kappa shape index (κ1) is 23.4. The molecule has 1 saturated heterocycles. The lowest BCUT2D eigenvalue weighted by Gasteiger charge is -2.25. The molecule has 3 aromatic carbocycles. The molecule has 1 heterocycles. The minimum Gasteiger partial charge on any atom is -0.374 e. The molecule has 4 nitrogen and oxygen atoms in total. The SMILES string of the molecule is C=CC[C@H]1O[C@H](COCc2ccccc2)[C@@H](OCc2ccccc2)[C@@H]1OCc1ccccc1. The molecule has 0 aromatic heterocycles. The second kappa shape index (κ2) is 12.5. The average Bonchev–Trinajstić information content (AvgIpc) is 3.19. The van der Waals surface area contributed by atoms with Crippen molar-refractivity contribution in [2.45, 2.75) is 50.7 Å². The number of ether oxygens (including phenoxy) is 4. The van der Waals surface area contributed by atoms with Crippen molar-refractivity contribution < 1.29 is 18.9 Å². The van der Waals surface area contributed by atoms with Crippen LogP contribution in [0.3, 0.4) is 0 Å². The zero-order valence-electron chi connectivity index (χ0n) is 18.9. The fraction of sp³-hybridized carbons (Fsp3) is 0.310. The Hall–Kier alpha value is -2.76. The quantitative estimate of drug-likeness (QED) is 0.335. The van der Waals surface area contributed by atoms with Crippen LogP contribution in [0.15, 0.2) is 104 Å². The molecule has 1 aliphatic rings. The molecule has 0 aliphatic carbocycles. The van der Waals surface area contributed by atoms with Crippen LogP contribution in [0.4, 0.5) is 0 Å². The van der Waals surface area contributed by atoms with E-state index in [9.17, 15) is 0 Å². The summed E-state index contributed by atoms with van der Waals surface area (Å²) in [4.78, 5) is 0. The van der Waals surface area contributed by atoms with E-state index in [0.717, 1.165) is 16.7 Å². The number of hydrogen-bond acceptors (Lipinski definition) is 4. The molecule has 0 bridgehead atoms. The number of hydrogen-bond donors (Lipinski definition) is 0. The van der Waals surface area contributed by atoms with Gasteiger partial charge in [-0.1, -0.05) is 97.1 Å². The normalized spacial score (nSPS) is 22.3. The van der Waals surface area contributed by atoms with E-state index in [1.54, 1.807) is 0 Å². The van der Waals surface area contributed by atoms with Gasteiger partial charge in [-0.05, 0) is 23.1 Å². The van der Waals surface area contributed by atoms with Gasteiger partial charge in [-0.3, -0.25) is 0 Å². The fourth-order valence-corrected chi connectivity index (χ4v) is 4.10. The molecule has 33 heavy (non-hydrogen) atoms. The molecular weight excluding hydrogens is 412 g/mol. The molecule has 3 aromatic rings. The predicted molar refractivity (Wildman–Crippen MR) is 130 cm³/mol. The molecular formula is C29H32O4. The smallest absolute Gasteiger partial charge is 0.115 e. The first-order chi connectivity index (χ1) is 16.3. The van der Waals surface area contributed by atoms with E-state index in [1.165, 1.54) is 0 Å². The molecule has 0 amide bonds. The van der Waals surface area contributed by atoms with Crippen molar-refractivity contribution in [3.8, 4) is 0 Å². The Morgan fingerprint density at radius 2 is 1.09 bits per heavy atom.